The van der Waals surface area contributed by atoms with E-state index in [1.165, 1.54) is 30.4 Å². The first kappa shape index (κ1) is 26.7. The average Bonchev–Trinajstić information content (AvgIpc) is 3.52. The summed E-state index contributed by atoms with van der Waals surface area (Å²) in [7, 11) is 0. The van der Waals surface area contributed by atoms with Gasteiger partial charge in [0.1, 0.15) is 5.82 Å². The minimum Gasteiger partial charge on any atom is -0.350 e. The Balaban J connectivity index is 1.34. The zero-order valence-electron chi connectivity index (χ0n) is 22.1. The van der Waals surface area contributed by atoms with Crippen molar-refractivity contribution in [1.29, 1.82) is 0 Å². The fraction of sp³-hybridized carbons (Fsp3) is 0.379. The number of anilines is 2. The number of rotatable bonds is 8. The second-order valence-electron chi connectivity index (χ2n) is 10.3. The zero-order valence-corrected chi connectivity index (χ0v) is 22.1. The van der Waals surface area contributed by atoms with Crippen LogP contribution in [0.3, 0.4) is 0 Å². The summed E-state index contributed by atoms with van der Waals surface area (Å²) in [6.45, 7) is 8.50. The first-order chi connectivity index (χ1) is 18.8. The van der Waals surface area contributed by atoms with Gasteiger partial charge < -0.3 is 10.2 Å². The summed E-state index contributed by atoms with van der Waals surface area (Å²) < 4.78 is 27.3. The lowest BCUT2D eigenvalue weighted by Crippen LogP contribution is -2.31. The molecule has 2 saturated heterocycles. The summed E-state index contributed by atoms with van der Waals surface area (Å²) in [6.07, 6.45) is 8.93. The maximum atomic E-state index is 13.7. The van der Waals surface area contributed by atoms with E-state index in [4.69, 9.17) is 0 Å². The Kier molecular flexibility index (Phi) is 7.83. The molecule has 0 saturated carbocycles. The van der Waals surface area contributed by atoms with Gasteiger partial charge in [-0.25, -0.2) is 13.8 Å². The third-order valence-corrected chi connectivity index (χ3v) is 7.24. The van der Waals surface area contributed by atoms with Gasteiger partial charge in [0.05, 0.1) is 12.1 Å². The van der Waals surface area contributed by atoms with E-state index in [2.05, 4.69) is 43.2 Å². The number of H-pyrrole nitrogens is 1. The van der Waals surface area contributed by atoms with Crippen molar-refractivity contribution < 1.29 is 13.6 Å². The van der Waals surface area contributed by atoms with Crippen molar-refractivity contribution in [2.24, 2.45) is 4.99 Å². The van der Waals surface area contributed by atoms with E-state index in [1.54, 1.807) is 18.3 Å². The van der Waals surface area contributed by atoms with E-state index in [1.807, 2.05) is 25.1 Å². The van der Waals surface area contributed by atoms with Gasteiger partial charge >= 0.3 is 0 Å². The van der Waals surface area contributed by atoms with Crippen molar-refractivity contribution in [3.05, 3.63) is 65.6 Å². The van der Waals surface area contributed by atoms with Gasteiger partial charge in [-0.3, -0.25) is 19.8 Å². The van der Waals surface area contributed by atoms with Gasteiger partial charge in [0.2, 0.25) is 0 Å². The minimum atomic E-state index is -2.73. The largest absolute Gasteiger partial charge is 0.350 e. The second-order valence-corrected chi connectivity index (χ2v) is 10.3. The molecule has 2 N–H and O–H groups in total. The Labute approximate surface area is 226 Å². The molecule has 0 aliphatic carbocycles. The van der Waals surface area contributed by atoms with Crippen molar-refractivity contribution in [2.45, 2.75) is 38.5 Å². The van der Waals surface area contributed by atoms with E-state index in [0.29, 0.717) is 16.9 Å². The number of amides is 1. The number of benzene rings is 1. The van der Waals surface area contributed by atoms with Crippen molar-refractivity contribution in [2.75, 3.05) is 42.9 Å². The average molecular weight is 534 g/mol. The van der Waals surface area contributed by atoms with Crippen molar-refractivity contribution in [3.63, 3.8) is 0 Å². The fourth-order valence-corrected chi connectivity index (χ4v) is 5.20. The molecule has 8 nitrogen and oxygen atoms in total. The molecular weight excluding hydrogens is 500 g/mol. The van der Waals surface area contributed by atoms with Crippen molar-refractivity contribution in [3.8, 4) is 0 Å². The van der Waals surface area contributed by atoms with Crippen LogP contribution in [-0.2, 0) is 0 Å². The molecular formula is C29H33F2N7O. The van der Waals surface area contributed by atoms with Crippen LogP contribution < -0.4 is 10.2 Å². The van der Waals surface area contributed by atoms with E-state index in [-0.39, 0.29) is 25.2 Å². The number of likely N-dealkylation sites (tertiary alicyclic amines) is 1. The number of alkyl halides is 2. The first-order valence-electron chi connectivity index (χ1n) is 13.3. The highest BCUT2D eigenvalue weighted by atomic mass is 19.3. The minimum absolute atomic E-state index is 0.208. The Morgan fingerprint density at radius 1 is 1.21 bits per heavy atom. The molecule has 1 amide bonds. The normalized spacial score (nSPS) is 18.5. The molecule has 0 atom stereocenters. The van der Waals surface area contributed by atoms with Crippen LogP contribution >= 0.6 is 0 Å². The van der Waals surface area contributed by atoms with E-state index in [0.717, 1.165) is 41.9 Å². The van der Waals surface area contributed by atoms with Crippen LogP contribution in [-0.4, -0.2) is 71.4 Å². The number of halogens is 2. The van der Waals surface area contributed by atoms with Crippen LogP contribution in [0.1, 0.15) is 48.7 Å². The molecule has 2 aliphatic rings. The molecule has 3 aromatic rings. The van der Waals surface area contributed by atoms with Gasteiger partial charge in [-0.2, -0.15) is 5.10 Å². The maximum absolute atomic E-state index is 13.7. The van der Waals surface area contributed by atoms with Crippen LogP contribution in [0, 0.1) is 0 Å². The molecule has 2 aromatic heterocycles. The molecule has 0 bridgehead atoms. The summed E-state index contributed by atoms with van der Waals surface area (Å²) in [5.41, 5.74) is 4.54. The van der Waals surface area contributed by atoms with Gasteiger partial charge in [0.25, 0.3) is 11.8 Å². The quantitative estimate of drug-likeness (QED) is 0.294. The Morgan fingerprint density at radius 2 is 2.03 bits per heavy atom. The van der Waals surface area contributed by atoms with Gasteiger partial charge in [0, 0.05) is 49.0 Å². The van der Waals surface area contributed by atoms with E-state index >= 15 is 0 Å². The van der Waals surface area contributed by atoms with Gasteiger partial charge in [-0.15, -0.1) is 0 Å². The summed E-state index contributed by atoms with van der Waals surface area (Å²) in [6, 6.07) is 9.09. The monoisotopic (exact) mass is 533 g/mol. The first-order valence-corrected chi connectivity index (χ1v) is 13.3. The lowest BCUT2D eigenvalue weighted by atomic mass is 10.0. The number of carbonyl (C=O) groups is 1. The van der Waals surface area contributed by atoms with Crippen LogP contribution in [0.4, 0.5) is 20.3 Å². The highest BCUT2D eigenvalue weighted by molar-refractivity contribution is 6.11. The molecule has 0 spiro atoms. The number of pyridine rings is 1. The lowest BCUT2D eigenvalue weighted by Gasteiger charge is -2.26. The number of nitrogens with zero attached hydrogens (tertiary/aromatic N) is 5. The van der Waals surface area contributed by atoms with Crippen molar-refractivity contribution >= 4 is 40.6 Å². The molecule has 0 radical (unpaired) electrons. The number of carbonyl (C=O) groups excluding carboxylic acids is 1. The topological polar surface area (TPSA) is 89.5 Å². The molecule has 39 heavy (non-hydrogen) atoms. The van der Waals surface area contributed by atoms with E-state index < -0.39 is 11.8 Å². The Morgan fingerprint density at radius 3 is 2.77 bits per heavy atom. The molecule has 4 heterocycles. The maximum Gasteiger partial charge on any atom is 0.276 e. The third kappa shape index (κ3) is 6.39. The Hall–Kier alpha value is -3.92. The summed E-state index contributed by atoms with van der Waals surface area (Å²) >= 11 is 0. The summed E-state index contributed by atoms with van der Waals surface area (Å²) in [5, 5.41) is 10.7. The number of hydrogen-bond acceptors (Lipinski definition) is 6. The molecule has 10 heteroatoms. The van der Waals surface area contributed by atoms with Crippen LogP contribution in [0.5, 0.6) is 0 Å². The highest BCUT2D eigenvalue weighted by Crippen LogP contribution is 2.31. The number of fused-ring (bicyclic) bond motifs is 1. The number of aromatic nitrogens is 3. The standard InChI is InChI=1S/C29H33F2N7O/c1-20(14-21(17-32-2)18-37-11-4-3-5-12-37)22-6-7-25-24(15-22)27(36-35-25)28(39)34-23-8-10-33-26(16-23)38-13-9-29(30,31)19-38/h6-8,10,14-17H,2-5,9,11-13,18-19H2,1H3,(H,35,36)(H,33,34,39)/b20-14+,21-17+. The number of aliphatic imine (C=N–C) groups is 1. The number of nitrogens with one attached hydrogen (secondary N) is 2. The molecule has 0 unspecified atom stereocenters. The number of allylic oxidation sites excluding steroid dienone is 1. The van der Waals surface area contributed by atoms with E-state index in [9.17, 15) is 13.6 Å². The predicted molar refractivity (Wildman–Crippen MR) is 152 cm³/mol. The molecule has 5 rings (SSSR count). The molecule has 204 valence electrons. The van der Waals surface area contributed by atoms with Crippen LogP contribution in [0.2, 0.25) is 0 Å². The second kappa shape index (κ2) is 11.4. The highest BCUT2D eigenvalue weighted by Gasteiger charge is 2.38. The lowest BCUT2D eigenvalue weighted by molar-refractivity contribution is 0.0256. The van der Waals surface area contributed by atoms with Gasteiger partial charge in [0.15, 0.2) is 5.69 Å². The summed E-state index contributed by atoms with van der Waals surface area (Å²) in [5.74, 6) is -2.72. The zero-order chi connectivity index (χ0) is 27.4. The number of aromatic amines is 1. The van der Waals surface area contributed by atoms with Crippen LogP contribution in [0.25, 0.3) is 16.5 Å². The SMILES string of the molecule is C=N/C=C(\C=C(/C)c1ccc2[nH]nc(C(=O)Nc3ccnc(N4CCC(F)(F)C4)c3)c2c1)CN1CCCCC1. The summed E-state index contributed by atoms with van der Waals surface area (Å²) in [4.78, 5) is 25.4. The number of piperidine rings is 1. The third-order valence-electron chi connectivity index (χ3n) is 7.24. The fourth-order valence-electron chi connectivity index (χ4n) is 5.20. The Bertz CT molecular complexity index is 1420. The van der Waals surface area contributed by atoms with Gasteiger partial charge in [-0.1, -0.05) is 18.6 Å². The number of hydrogen-bond donors (Lipinski definition) is 2. The molecule has 2 aliphatic heterocycles. The molecule has 2 fully saturated rings. The smallest absolute Gasteiger partial charge is 0.276 e. The van der Waals surface area contributed by atoms with Crippen LogP contribution in [0.15, 0.2) is 59.4 Å². The molecule has 1 aromatic carbocycles. The van der Waals surface area contributed by atoms with Crippen molar-refractivity contribution in [1.82, 2.24) is 20.1 Å². The van der Waals surface area contributed by atoms with Gasteiger partial charge in [-0.05, 0) is 74.5 Å². The predicted octanol–water partition coefficient (Wildman–Crippen LogP) is 5.53.